The monoisotopic (exact) mass is 429 g/mol. The number of nitrogens with one attached hydrogen (secondary N) is 1. The Kier molecular flexibility index (Phi) is 6.94. The van der Waals surface area contributed by atoms with Gasteiger partial charge in [0.05, 0.1) is 25.0 Å². The molecule has 0 radical (unpaired) electrons. The van der Waals surface area contributed by atoms with Crippen LogP contribution in [0.1, 0.15) is 43.9 Å². The highest BCUT2D eigenvalue weighted by Crippen LogP contribution is 2.30. The second-order valence-corrected chi connectivity index (χ2v) is 9.33. The van der Waals surface area contributed by atoms with Crippen molar-refractivity contribution in [3.8, 4) is 0 Å². The number of ether oxygens (including phenoxy) is 1. The number of benzene rings is 1. The predicted octanol–water partition coefficient (Wildman–Crippen LogP) is 3.06. The minimum absolute atomic E-state index is 0.0497. The average molecular weight is 430 g/mol. The molecule has 1 aliphatic heterocycles. The van der Waals surface area contributed by atoms with Crippen LogP contribution in [0.15, 0.2) is 29.4 Å². The van der Waals surface area contributed by atoms with E-state index in [0.717, 1.165) is 50.0 Å². The fourth-order valence-electron chi connectivity index (χ4n) is 4.18. The number of aromatic nitrogens is 3. The van der Waals surface area contributed by atoms with Crippen molar-refractivity contribution in [1.29, 1.82) is 0 Å². The van der Waals surface area contributed by atoms with Gasteiger partial charge in [0.15, 0.2) is 5.16 Å². The van der Waals surface area contributed by atoms with Crippen LogP contribution in [-0.4, -0.2) is 52.7 Å². The molecule has 2 aromatic rings. The minimum Gasteiger partial charge on any atom is -0.378 e. The fourth-order valence-corrected chi connectivity index (χ4v) is 4.93. The Morgan fingerprint density at radius 1 is 1.27 bits per heavy atom. The number of morpholine rings is 1. The zero-order valence-corrected chi connectivity index (χ0v) is 18.7. The molecular weight excluding hydrogens is 398 g/mol. The van der Waals surface area contributed by atoms with Crippen LogP contribution in [0.25, 0.3) is 0 Å². The molecule has 1 atom stereocenters. The lowest BCUT2D eigenvalue weighted by Gasteiger charge is -2.28. The third-order valence-corrected chi connectivity index (χ3v) is 6.54. The second kappa shape index (κ2) is 9.83. The van der Waals surface area contributed by atoms with Gasteiger partial charge in [-0.1, -0.05) is 49.9 Å². The van der Waals surface area contributed by atoms with E-state index in [1.807, 2.05) is 0 Å². The van der Waals surface area contributed by atoms with Crippen molar-refractivity contribution in [1.82, 2.24) is 20.1 Å². The molecule has 2 aliphatic rings. The van der Waals surface area contributed by atoms with E-state index in [2.05, 4.69) is 63.1 Å². The number of aryl methyl sites for hydroxylation is 1. The first-order chi connectivity index (χ1) is 14.6. The standard InChI is InChI=1S/C22H31N5O2S/c1-16(2)14-27-21(26-10-12-29-13-11-26)24-25-22(27)30-15-20(28)23-19-9-5-7-17-6-3-4-8-18(17)19/h3-4,6,8,16,19H,5,7,9-15H2,1-2H3,(H,23,28)/t19-/m1/s1. The van der Waals surface area contributed by atoms with E-state index in [9.17, 15) is 4.79 Å². The van der Waals surface area contributed by atoms with Crippen molar-refractivity contribution >= 4 is 23.6 Å². The van der Waals surface area contributed by atoms with Crippen LogP contribution in [0.2, 0.25) is 0 Å². The number of rotatable bonds is 7. The predicted molar refractivity (Wildman–Crippen MR) is 119 cm³/mol. The molecule has 0 saturated carbocycles. The molecule has 1 aliphatic carbocycles. The number of anilines is 1. The fraction of sp³-hybridized carbons (Fsp3) is 0.591. The molecule has 0 unspecified atom stereocenters. The number of carbonyl (C=O) groups is 1. The second-order valence-electron chi connectivity index (χ2n) is 8.39. The maximum atomic E-state index is 12.7. The van der Waals surface area contributed by atoms with Gasteiger partial charge in [0, 0.05) is 19.6 Å². The van der Waals surface area contributed by atoms with Crippen molar-refractivity contribution in [3.63, 3.8) is 0 Å². The van der Waals surface area contributed by atoms with Crippen LogP contribution < -0.4 is 10.2 Å². The quantitative estimate of drug-likeness (QED) is 0.682. The molecule has 8 heteroatoms. The SMILES string of the molecule is CC(C)Cn1c(SCC(=O)N[C@@H]2CCCc3ccccc32)nnc1N1CCOCC1. The Balaban J connectivity index is 1.41. The van der Waals surface area contributed by atoms with E-state index >= 15 is 0 Å². The Morgan fingerprint density at radius 3 is 2.87 bits per heavy atom. The molecule has 2 heterocycles. The summed E-state index contributed by atoms with van der Waals surface area (Å²) in [5, 5.41) is 12.9. The van der Waals surface area contributed by atoms with Gasteiger partial charge >= 0.3 is 0 Å². The highest BCUT2D eigenvalue weighted by molar-refractivity contribution is 7.99. The number of fused-ring (bicyclic) bond motifs is 1. The highest BCUT2D eigenvalue weighted by atomic mass is 32.2. The van der Waals surface area contributed by atoms with E-state index in [0.29, 0.717) is 24.9 Å². The van der Waals surface area contributed by atoms with E-state index < -0.39 is 0 Å². The van der Waals surface area contributed by atoms with Crippen molar-refractivity contribution in [2.45, 2.75) is 50.9 Å². The summed E-state index contributed by atoms with van der Waals surface area (Å²) in [4.78, 5) is 14.9. The molecule has 0 bridgehead atoms. The van der Waals surface area contributed by atoms with E-state index in [4.69, 9.17) is 4.74 Å². The van der Waals surface area contributed by atoms with Crippen LogP contribution >= 0.6 is 11.8 Å². The van der Waals surface area contributed by atoms with Crippen LogP contribution in [0.5, 0.6) is 0 Å². The van der Waals surface area contributed by atoms with Crippen molar-refractivity contribution in [3.05, 3.63) is 35.4 Å². The zero-order chi connectivity index (χ0) is 20.9. The first kappa shape index (κ1) is 21.2. The smallest absolute Gasteiger partial charge is 0.230 e. The summed E-state index contributed by atoms with van der Waals surface area (Å²) < 4.78 is 7.62. The molecule has 1 N–H and O–H groups in total. The van der Waals surface area contributed by atoms with Gasteiger partial charge in [-0.15, -0.1) is 10.2 Å². The zero-order valence-electron chi connectivity index (χ0n) is 17.8. The maximum absolute atomic E-state index is 12.7. The Hall–Kier alpha value is -2.06. The Morgan fingerprint density at radius 2 is 2.07 bits per heavy atom. The van der Waals surface area contributed by atoms with Gasteiger partial charge in [-0.25, -0.2) is 0 Å². The van der Waals surface area contributed by atoms with E-state index in [1.54, 1.807) is 0 Å². The molecule has 0 spiro atoms. The van der Waals surface area contributed by atoms with E-state index in [1.165, 1.54) is 22.9 Å². The lowest BCUT2D eigenvalue weighted by Crippen LogP contribution is -2.38. The van der Waals surface area contributed by atoms with Gasteiger partial charge in [-0.05, 0) is 36.3 Å². The van der Waals surface area contributed by atoms with Crippen LogP contribution in [0.3, 0.4) is 0 Å². The number of amides is 1. The molecular formula is C22H31N5O2S. The van der Waals surface area contributed by atoms with Gasteiger partial charge in [0.25, 0.3) is 0 Å². The summed E-state index contributed by atoms with van der Waals surface area (Å²) in [6, 6.07) is 8.55. The summed E-state index contributed by atoms with van der Waals surface area (Å²) in [5.74, 6) is 1.75. The average Bonchev–Trinajstić information content (AvgIpc) is 3.15. The number of nitrogens with zero attached hydrogens (tertiary/aromatic N) is 4. The molecule has 7 nitrogen and oxygen atoms in total. The molecule has 1 fully saturated rings. The maximum Gasteiger partial charge on any atom is 0.230 e. The Labute approximate surface area is 182 Å². The van der Waals surface area contributed by atoms with E-state index in [-0.39, 0.29) is 11.9 Å². The van der Waals surface area contributed by atoms with Gasteiger partial charge < -0.3 is 15.0 Å². The van der Waals surface area contributed by atoms with Crippen LogP contribution in [0, 0.1) is 5.92 Å². The summed E-state index contributed by atoms with van der Waals surface area (Å²) in [7, 11) is 0. The van der Waals surface area contributed by atoms with Crippen LogP contribution in [0.4, 0.5) is 5.95 Å². The van der Waals surface area contributed by atoms with Crippen molar-refractivity contribution in [2.75, 3.05) is 37.0 Å². The minimum atomic E-state index is 0.0497. The summed E-state index contributed by atoms with van der Waals surface area (Å²) >= 11 is 1.47. The largest absolute Gasteiger partial charge is 0.378 e. The third-order valence-electron chi connectivity index (χ3n) is 5.58. The van der Waals surface area contributed by atoms with Gasteiger partial charge in [-0.3, -0.25) is 9.36 Å². The molecule has 30 heavy (non-hydrogen) atoms. The number of thioether (sulfide) groups is 1. The topological polar surface area (TPSA) is 72.3 Å². The normalized spacial score (nSPS) is 19.0. The lowest BCUT2D eigenvalue weighted by molar-refractivity contribution is -0.119. The highest BCUT2D eigenvalue weighted by Gasteiger charge is 2.24. The number of carbonyl (C=O) groups excluding carboxylic acids is 1. The van der Waals surface area contributed by atoms with Gasteiger partial charge in [0.1, 0.15) is 0 Å². The first-order valence-electron chi connectivity index (χ1n) is 10.9. The Bertz CT molecular complexity index is 863. The summed E-state index contributed by atoms with van der Waals surface area (Å²) in [6.07, 6.45) is 3.21. The lowest BCUT2D eigenvalue weighted by atomic mass is 9.88. The number of hydrogen-bond donors (Lipinski definition) is 1. The summed E-state index contributed by atoms with van der Waals surface area (Å²) in [5.41, 5.74) is 2.62. The molecule has 1 saturated heterocycles. The van der Waals surface area contributed by atoms with Gasteiger partial charge in [0.2, 0.25) is 11.9 Å². The van der Waals surface area contributed by atoms with Crippen LogP contribution in [-0.2, 0) is 22.5 Å². The molecule has 4 rings (SSSR count). The molecule has 162 valence electrons. The third kappa shape index (κ3) is 4.98. The number of hydrogen-bond acceptors (Lipinski definition) is 6. The molecule has 1 aromatic carbocycles. The molecule has 1 aromatic heterocycles. The molecule has 1 amide bonds. The van der Waals surface area contributed by atoms with Crippen molar-refractivity contribution < 1.29 is 9.53 Å². The summed E-state index contributed by atoms with van der Waals surface area (Å²) in [6.45, 7) is 8.27. The van der Waals surface area contributed by atoms with Gasteiger partial charge in [-0.2, -0.15) is 0 Å². The first-order valence-corrected chi connectivity index (χ1v) is 11.9. The van der Waals surface area contributed by atoms with Crippen molar-refractivity contribution in [2.24, 2.45) is 5.92 Å².